The van der Waals surface area contributed by atoms with Crippen molar-refractivity contribution in [1.82, 2.24) is 10.2 Å². The number of carbonyl (C=O) groups excluding carboxylic acids is 2. The second kappa shape index (κ2) is 6.44. The van der Waals surface area contributed by atoms with Gasteiger partial charge < -0.3 is 10.5 Å². The first kappa shape index (κ1) is 12.9. The van der Waals surface area contributed by atoms with E-state index in [-0.39, 0.29) is 25.1 Å². The van der Waals surface area contributed by atoms with Gasteiger partial charge in [-0.15, -0.1) is 0 Å². The van der Waals surface area contributed by atoms with E-state index in [1.165, 1.54) is 0 Å². The van der Waals surface area contributed by atoms with Gasteiger partial charge in [-0.3, -0.25) is 15.0 Å². The summed E-state index contributed by atoms with van der Waals surface area (Å²) in [7, 11) is 0. The maximum Gasteiger partial charge on any atom is 0.413 e. The summed E-state index contributed by atoms with van der Waals surface area (Å²) in [6.07, 6.45) is 1.30. The molecule has 1 saturated heterocycles. The van der Waals surface area contributed by atoms with Gasteiger partial charge in [0.25, 0.3) is 0 Å². The van der Waals surface area contributed by atoms with Gasteiger partial charge in [0, 0.05) is 12.6 Å². The first-order valence-electron chi connectivity index (χ1n) is 5.56. The van der Waals surface area contributed by atoms with E-state index in [9.17, 15) is 9.59 Å². The van der Waals surface area contributed by atoms with Crippen LogP contribution < -0.4 is 11.1 Å². The van der Waals surface area contributed by atoms with Crippen molar-refractivity contribution in [2.45, 2.75) is 25.8 Å². The summed E-state index contributed by atoms with van der Waals surface area (Å²) in [5.74, 6) is -0.340. The molecule has 2 amide bonds. The molecule has 0 radical (unpaired) electrons. The number of nitrogens with one attached hydrogen (secondary N) is 1. The lowest BCUT2D eigenvalue weighted by Gasteiger charge is -2.29. The minimum absolute atomic E-state index is 0.129. The Bertz CT molecular complexity index is 258. The van der Waals surface area contributed by atoms with Gasteiger partial charge in [-0.2, -0.15) is 0 Å². The van der Waals surface area contributed by atoms with Crippen LogP contribution in [0.1, 0.15) is 19.8 Å². The number of imide groups is 1. The molecule has 3 N–H and O–H groups in total. The van der Waals surface area contributed by atoms with Gasteiger partial charge in [-0.25, -0.2) is 4.79 Å². The molecule has 0 bridgehead atoms. The molecule has 1 heterocycles. The van der Waals surface area contributed by atoms with Crippen LogP contribution in [0.5, 0.6) is 0 Å². The van der Waals surface area contributed by atoms with Crippen LogP contribution in [-0.4, -0.2) is 49.2 Å². The quantitative estimate of drug-likeness (QED) is 0.693. The van der Waals surface area contributed by atoms with Gasteiger partial charge in [0.2, 0.25) is 5.91 Å². The minimum Gasteiger partial charge on any atom is -0.450 e. The van der Waals surface area contributed by atoms with Crippen LogP contribution in [0.3, 0.4) is 0 Å². The molecular weight excluding hydrogens is 210 g/mol. The Labute approximate surface area is 95.1 Å². The lowest BCUT2D eigenvalue weighted by Crippen LogP contribution is -2.47. The largest absolute Gasteiger partial charge is 0.450 e. The van der Waals surface area contributed by atoms with E-state index in [4.69, 9.17) is 5.73 Å². The number of piperidine rings is 1. The summed E-state index contributed by atoms with van der Waals surface area (Å²) in [6, 6.07) is 0.129. The number of hydrogen-bond acceptors (Lipinski definition) is 5. The molecule has 0 aromatic carbocycles. The summed E-state index contributed by atoms with van der Waals surface area (Å²) in [6.45, 7) is 3.70. The smallest absolute Gasteiger partial charge is 0.413 e. The van der Waals surface area contributed by atoms with Crippen LogP contribution in [0, 0.1) is 0 Å². The SMILES string of the molecule is CCOC(=O)NC(=O)CN1CCC[C@@H](N)C1. The van der Waals surface area contributed by atoms with Crippen molar-refractivity contribution in [3.63, 3.8) is 0 Å². The number of ether oxygens (including phenoxy) is 1. The second-order valence-electron chi connectivity index (χ2n) is 3.91. The monoisotopic (exact) mass is 229 g/mol. The van der Waals surface area contributed by atoms with Crippen molar-refractivity contribution in [1.29, 1.82) is 0 Å². The molecule has 0 aromatic rings. The third-order valence-electron chi connectivity index (χ3n) is 2.43. The van der Waals surface area contributed by atoms with Crippen molar-refractivity contribution < 1.29 is 14.3 Å². The van der Waals surface area contributed by atoms with Gasteiger partial charge >= 0.3 is 6.09 Å². The zero-order valence-electron chi connectivity index (χ0n) is 9.57. The van der Waals surface area contributed by atoms with E-state index in [0.29, 0.717) is 6.54 Å². The maximum atomic E-state index is 11.4. The Morgan fingerprint density at radius 2 is 2.31 bits per heavy atom. The van der Waals surface area contributed by atoms with Crippen molar-refractivity contribution in [3.8, 4) is 0 Å². The van der Waals surface area contributed by atoms with E-state index in [1.807, 2.05) is 4.90 Å². The van der Waals surface area contributed by atoms with Gasteiger partial charge in [-0.05, 0) is 26.3 Å². The molecule has 6 heteroatoms. The molecule has 0 spiro atoms. The number of likely N-dealkylation sites (tertiary alicyclic amines) is 1. The average molecular weight is 229 g/mol. The van der Waals surface area contributed by atoms with Crippen LogP contribution in [0.2, 0.25) is 0 Å². The molecule has 16 heavy (non-hydrogen) atoms. The standard InChI is InChI=1S/C10H19N3O3/c1-2-16-10(15)12-9(14)7-13-5-3-4-8(11)6-13/h8H,2-7,11H2,1H3,(H,12,14,15)/t8-/m1/s1. The summed E-state index contributed by atoms with van der Waals surface area (Å²) >= 11 is 0. The van der Waals surface area contributed by atoms with Crippen molar-refractivity contribution in [2.75, 3.05) is 26.2 Å². The van der Waals surface area contributed by atoms with Crippen LogP contribution in [0.4, 0.5) is 4.79 Å². The highest BCUT2D eigenvalue weighted by Gasteiger charge is 2.19. The average Bonchev–Trinajstić information content (AvgIpc) is 2.17. The lowest BCUT2D eigenvalue weighted by molar-refractivity contribution is -0.121. The molecule has 1 atom stereocenters. The van der Waals surface area contributed by atoms with Crippen LogP contribution >= 0.6 is 0 Å². The van der Waals surface area contributed by atoms with Gasteiger partial charge in [0.15, 0.2) is 0 Å². The first-order chi connectivity index (χ1) is 7.61. The Balaban J connectivity index is 2.25. The van der Waals surface area contributed by atoms with E-state index in [1.54, 1.807) is 6.92 Å². The molecule has 1 rings (SSSR count). The molecule has 0 aromatic heterocycles. The maximum absolute atomic E-state index is 11.4. The molecule has 1 aliphatic heterocycles. The van der Waals surface area contributed by atoms with Crippen LogP contribution in [-0.2, 0) is 9.53 Å². The van der Waals surface area contributed by atoms with Crippen LogP contribution in [0.15, 0.2) is 0 Å². The number of nitrogens with two attached hydrogens (primary N) is 1. The fraction of sp³-hybridized carbons (Fsp3) is 0.800. The molecule has 0 saturated carbocycles. The van der Waals surface area contributed by atoms with E-state index < -0.39 is 6.09 Å². The predicted molar refractivity (Wildman–Crippen MR) is 58.8 cm³/mol. The molecule has 1 aliphatic rings. The van der Waals surface area contributed by atoms with Crippen molar-refractivity contribution in [3.05, 3.63) is 0 Å². The Hall–Kier alpha value is -1.14. The third kappa shape index (κ3) is 4.59. The van der Waals surface area contributed by atoms with Crippen LogP contribution in [0.25, 0.3) is 0 Å². The van der Waals surface area contributed by atoms with Gasteiger partial charge in [0.05, 0.1) is 13.2 Å². The molecule has 0 unspecified atom stereocenters. The first-order valence-corrected chi connectivity index (χ1v) is 5.56. The lowest BCUT2D eigenvalue weighted by atomic mass is 10.1. The predicted octanol–water partition coefficient (Wildman–Crippen LogP) is -0.318. The topological polar surface area (TPSA) is 84.7 Å². The second-order valence-corrected chi connectivity index (χ2v) is 3.91. The number of alkyl carbamates (subject to hydrolysis) is 1. The van der Waals surface area contributed by atoms with E-state index in [0.717, 1.165) is 19.4 Å². The molecule has 1 fully saturated rings. The Morgan fingerprint density at radius 3 is 2.94 bits per heavy atom. The summed E-state index contributed by atoms with van der Waals surface area (Å²) in [4.78, 5) is 24.3. The highest BCUT2D eigenvalue weighted by Crippen LogP contribution is 2.07. The molecular formula is C10H19N3O3. The highest BCUT2D eigenvalue weighted by atomic mass is 16.5. The summed E-state index contributed by atoms with van der Waals surface area (Å²) in [5, 5.41) is 2.16. The zero-order chi connectivity index (χ0) is 12.0. The number of amides is 2. The number of rotatable bonds is 3. The summed E-state index contributed by atoms with van der Waals surface area (Å²) in [5.41, 5.74) is 5.78. The Kier molecular flexibility index (Phi) is 5.21. The molecule has 0 aliphatic carbocycles. The normalized spacial score (nSPS) is 21.5. The third-order valence-corrected chi connectivity index (χ3v) is 2.43. The number of hydrogen-bond donors (Lipinski definition) is 2. The fourth-order valence-corrected chi connectivity index (χ4v) is 1.76. The zero-order valence-corrected chi connectivity index (χ0v) is 9.57. The highest BCUT2D eigenvalue weighted by molar-refractivity contribution is 5.92. The van der Waals surface area contributed by atoms with E-state index >= 15 is 0 Å². The van der Waals surface area contributed by atoms with E-state index in [2.05, 4.69) is 10.1 Å². The summed E-state index contributed by atoms with van der Waals surface area (Å²) < 4.78 is 4.61. The molecule has 6 nitrogen and oxygen atoms in total. The fourth-order valence-electron chi connectivity index (χ4n) is 1.76. The van der Waals surface area contributed by atoms with Crippen molar-refractivity contribution in [2.24, 2.45) is 5.73 Å². The van der Waals surface area contributed by atoms with Gasteiger partial charge in [-0.1, -0.05) is 0 Å². The molecule has 92 valence electrons. The number of carbonyl (C=O) groups is 2. The minimum atomic E-state index is -0.686. The number of nitrogens with zero attached hydrogens (tertiary/aromatic N) is 1. The Morgan fingerprint density at radius 1 is 1.56 bits per heavy atom. The van der Waals surface area contributed by atoms with Crippen molar-refractivity contribution >= 4 is 12.0 Å². The van der Waals surface area contributed by atoms with Gasteiger partial charge in [0.1, 0.15) is 0 Å².